The summed E-state index contributed by atoms with van der Waals surface area (Å²) in [7, 11) is 2.16. The fourth-order valence-electron chi connectivity index (χ4n) is 4.80. The molecule has 0 unspecified atom stereocenters. The van der Waals surface area contributed by atoms with E-state index in [9.17, 15) is 9.18 Å². The lowest BCUT2D eigenvalue weighted by Crippen LogP contribution is -2.64. The van der Waals surface area contributed by atoms with Crippen LogP contribution in [0.15, 0.2) is 48.5 Å². The Bertz CT molecular complexity index is 892. The van der Waals surface area contributed by atoms with Crippen LogP contribution in [-0.4, -0.2) is 53.1 Å². The molecule has 0 N–H and O–H groups in total. The third-order valence-electron chi connectivity index (χ3n) is 6.82. The molecule has 2 aliphatic heterocycles. The second-order valence-electron chi connectivity index (χ2n) is 9.16. The molecule has 0 aromatic heterocycles. The lowest BCUT2D eigenvalue weighted by molar-refractivity contribution is -0.191. The summed E-state index contributed by atoms with van der Waals surface area (Å²) < 4.78 is 19.2. The molecule has 2 aromatic rings. The quantitative estimate of drug-likeness (QED) is 0.631. The van der Waals surface area contributed by atoms with E-state index < -0.39 is 0 Å². The zero-order chi connectivity index (χ0) is 22.6. The standard InChI is InChI=1S/C26H34FN3O2/c1-3-18-32-24-10-6-21(7-11-24)19-29-25(31)12-13-26(14-16-28(2)17-15-26)30(29)20-22-4-8-23(27)9-5-22/h4-11H,3,12-20H2,1-2H3. The monoisotopic (exact) mass is 439 g/mol. The van der Waals surface area contributed by atoms with Crippen molar-refractivity contribution in [1.29, 1.82) is 0 Å². The van der Waals surface area contributed by atoms with Crippen LogP contribution in [0.5, 0.6) is 5.75 Å². The highest BCUT2D eigenvalue weighted by molar-refractivity contribution is 5.76. The van der Waals surface area contributed by atoms with E-state index in [-0.39, 0.29) is 17.3 Å². The number of halogens is 1. The zero-order valence-corrected chi connectivity index (χ0v) is 19.2. The molecule has 32 heavy (non-hydrogen) atoms. The van der Waals surface area contributed by atoms with Gasteiger partial charge in [0.1, 0.15) is 11.6 Å². The van der Waals surface area contributed by atoms with E-state index >= 15 is 0 Å². The van der Waals surface area contributed by atoms with Gasteiger partial charge in [0.25, 0.3) is 0 Å². The third kappa shape index (κ3) is 5.13. The molecule has 0 saturated carbocycles. The molecule has 2 fully saturated rings. The Balaban J connectivity index is 1.59. The maximum absolute atomic E-state index is 13.5. The largest absolute Gasteiger partial charge is 0.494 e. The molecule has 172 valence electrons. The second-order valence-corrected chi connectivity index (χ2v) is 9.16. The highest BCUT2D eigenvalue weighted by atomic mass is 19.1. The van der Waals surface area contributed by atoms with E-state index in [0.717, 1.165) is 55.6 Å². The molecular weight excluding hydrogens is 405 g/mol. The molecule has 2 aromatic carbocycles. The van der Waals surface area contributed by atoms with Crippen LogP contribution in [-0.2, 0) is 17.9 Å². The van der Waals surface area contributed by atoms with E-state index in [1.807, 2.05) is 41.4 Å². The molecule has 2 aliphatic rings. The topological polar surface area (TPSA) is 36.0 Å². The van der Waals surface area contributed by atoms with Crippen LogP contribution in [0.1, 0.15) is 50.2 Å². The Kier molecular flexibility index (Phi) is 7.11. The SMILES string of the molecule is CCCOc1ccc(CN2C(=O)CCC3(CCN(C)CC3)N2Cc2ccc(F)cc2)cc1. The number of benzene rings is 2. The van der Waals surface area contributed by atoms with E-state index in [0.29, 0.717) is 26.1 Å². The van der Waals surface area contributed by atoms with Gasteiger partial charge < -0.3 is 9.64 Å². The predicted molar refractivity (Wildman–Crippen MR) is 123 cm³/mol. The summed E-state index contributed by atoms with van der Waals surface area (Å²) in [4.78, 5) is 15.5. The number of nitrogens with zero attached hydrogens (tertiary/aromatic N) is 3. The molecule has 0 radical (unpaired) electrons. The maximum Gasteiger partial charge on any atom is 0.237 e. The van der Waals surface area contributed by atoms with E-state index in [4.69, 9.17) is 4.74 Å². The van der Waals surface area contributed by atoms with Crippen LogP contribution in [0.25, 0.3) is 0 Å². The van der Waals surface area contributed by atoms with Crippen molar-refractivity contribution >= 4 is 5.91 Å². The smallest absolute Gasteiger partial charge is 0.237 e. The number of carbonyl (C=O) groups is 1. The zero-order valence-electron chi connectivity index (χ0n) is 19.2. The minimum Gasteiger partial charge on any atom is -0.494 e. The van der Waals surface area contributed by atoms with Gasteiger partial charge in [-0.25, -0.2) is 9.40 Å². The van der Waals surface area contributed by atoms with E-state index in [1.165, 1.54) is 12.1 Å². The van der Waals surface area contributed by atoms with Gasteiger partial charge in [-0.2, -0.15) is 0 Å². The minimum atomic E-state index is -0.236. The van der Waals surface area contributed by atoms with Crippen molar-refractivity contribution in [2.24, 2.45) is 0 Å². The van der Waals surface area contributed by atoms with Gasteiger partial charge in [0.15, 0.2) is 0 Å². The summed E-state index contributed by atoms with van der Waals surface area (Å²) in [5.41, 5.74) is 2.06. The van der Waals surface area contributed by atoms with E-state index in [2.05, 4.69) is 23.9 Å². The fraction of sp³-hybridized carbons (Fsp3) is 0.500. The lowest BCUT2D eigenvalue weighted by Gasteiger charge is -2.55. The van der Waals surface area contributed by atoms with Crippen molar-refractivity contribution in [3.8, 4) is 5.75 Å². The molecule has 2 heterocycles. The van der Waals surface area contributed by atoms with Crippen molar-refractivity contribution in [2.45, 2.75) is 57.7 Å². The van der Waals surface area contributed by atoms with Gasteiger partial charge in [-0.15, -0.1) is 0 Å². The Morgan fingerprint density at radius 1 is 0.938 bits per heavy atom. The molecule has 1 spiro atoms. The Labute approximate surface area is 190 Å². The summed E-state index contributed by atoms with van der Waals surface area (Å²) in [6.45, 7) is 5.97. The van der Waals surface area contributed by atoms with Crippen molar-refractivity contribution in [1.82, 2.24) is 14.9 Å². The number of carbonyl (C=O) groups excluding carboxylic acids is 1. The predicted octanol–water partition coefficient (Wildman–Crippen LogP) is 4.62. The number of hydrogen-bond donors (Lipinski definition) is 0. The van der Waals surface area contributed by atoms with Gasteiger partial charge in [-0.05, 0) is 81.2 Å². The first-order valence-electron chi connectivity index (χ1n) is 11.7. The highest BCUT2D eigenvalue weighted by Gasteiger charge is 2.46. The van der Waals surface area contributed by atoms with Gasteiger partial charge >= 0.3 is 0 Å². The molecule has 1 amide bonds. The summed E-state index contributed by atoms with van der Waals surface area (Å²) >= 11 is 0. The summed E-state index contributed by atoms with van der Waals surface area (Å²) in [6.07, 6.45) is 4.47. The molecular formula is C26H34FN3O2. The molecule has 0 bridgehead atoms. The van der Waals surface area contributed by atoms with Gasteiger partial charge in [-0.3, -0.25) is 9.80 Å². The second kappa shape index (κ2) is 10.0. The Morgan fingerprint density at radius 2 is 1.56 bits per heavy atom. The molecule has 5 nitrogen and oxygen atoms in total. The first kappa shape index (κ1) is 22.7. The maximum atomic E-state index is 13.5. The van der Waals surface area contributed by atoms with Crippen molar-refractivity contribution in [3.05, 3.63) is 65.5 Å². The van der Waals surface area contributed by atoms with Crippen LogP contribution in [0.2, 0.25) is 0 Å². The third-order valence-corrected chi connectivity index (χ3v) is 6.82. The number of piperidine rings is 1. The number of hydrazine groups is 1. The van der Waals surface area contributed by atoms with Crippen LogP contribution in [0.4, 0.5) is 4.39 Å². The van der Waals surface area contributed by atoms with Crippen molar-refractivity contribution in [2.75, 3.05) is 26.7 Å². The molecule has 6 heteroatoms. The van der Waals surface area contributed by atoms with Crippen molar-refractivity contribution < 1.29 is 13.9 Å². The number of likely N-dealkylation sites (tertiary alicyclic amines) is 1. The van der Waals surface area contributed by atoms with Crippen molar-refractivity contribution in [3.63, 3.8) is 0 Å². The first-order valence-corrected chi connectivity index (χ1v) is 11.7. The Morgan fingerprint density at radius 3 is 2.22 bits per heavy atom. The van der Waals surface area contributed by atoms with Crippen LogP contribution in [0.3, 0.4) is 0 Å². The first-order chi connectivity index (χ1) is 15.5. The highest BCUT2D eigenvalue weighted by Crippen LogP contribution is 2.39. The van der Waals surface area contributed by atoms with Crippen LogP contribution >= 0.6 is 0 Å². The van der Waals surface area contributed by atoms with Gasteiger partial charge in [0, 0.05) is 18.5 Å². The molecule has 0 atom stereocenters. The van der Waals surface area contributed by atoms with E-state index in [1.54, 1.807) is 0 Å². The Hall–Kier alpha value is -2.44. The number of ether oxygens (including phenoxy) is 1. The lowest BCUT2D eigenvalue weighted by atomic mass is 9.80. The number of rotatable bonds is 7. The number of amides is 1. The summed E-state index contributed by atoms with van der Waals surface area (Å²) in [5.74, 6) is 0.776. The summed E-state index contributed by atoms with van der Waals surface area (Å²) in [6, 6.07) is 14.7. The normalized spacial score (nSPS) is 19.5. The van der Waals surface area contributed by atoms with Crippen LogP contribution in [0, 0.1) is 5.82 Å². The molecule has 4 rings (SSSR count). The number of hydrogen-bond acceptors (Lipinski definition) is 4. The fourth-order valence-corrected chi connectivity index (χ4v) is 4.80. The van der Waals surface area contributed by atoms with Gasteiger partial charge in [0.2, 0.25) is 5.91 Å². The minimum absolute atomic E-state index is 0.0427. The van der Waals surface area contributed by atoms with Gasteiger partial charge in [0.05, 0.1) is 13.2 Å². The van der Waals surface area contributed by atoms with Gasteiger partial charge in [-0.1, -0.05) is 31.2 Å². The average molecular weight is 440 g/mol. The average Bonchev–Trinajstić information content (AvgIpc) is 2.81. The van der Waals surface area contributed by atoms with Crippen LogP contribution < -0.4 is 4.74 Å². The molecule has 0 aliphatic carbocycles. The summed E-state index contributed by atoms with van der Waals surface area (Å²) in [5, 5.41) is 4.24. The molecule has 2 saturated heterocycles.